The second-order valence-corrected chi connectivity index (χ2v) is 8.79. The van der Waals surface area contributed by atoms with Crippen molar-refractivity contribution in [1.82, 2.24) is 4.31 Å². The van der Waals surface area contributed by atoms with E-state index >= 15 is 0 Å². The highest BCUT2D eigenvalue weighted by Crippen LogP contribution is 2.19. The van der Waals surface area contributed by atoms with Gasteiger partial charge in [0.25, 0.3) is 0 Å². The molecule has 1 aliphatic rings. The van der Waals surface area contributed by atoms with Crippen molar-refractivity contribution in [3.8, 4) is 0 Å². The third-order valence-corrected chi connectivity index (χ3v) is 6.84. The molecule has 0 radical (unpaired) electrons. The van der Waals surface area contributed by atoms with Crippen LogP contribution in [0.5, 0.6) is 0 Å². The molecule has 0 atom stereocenters. The summed E-state index contributed by atoms with van der Waals surface area (Å²) in [4.78, 5) is 13.4. The molecule has 0 amide bonds. The number of thioether (sulfide) groups is 1. The number of nitrogens with zero attached hydrogens (tertiary/aromatic N) is 1. The fourth-order valence-electron chi connectivity index (χ4n) is 2.69. The average molecular weight is 408 g/mol. The fraction of sp³-hybridized carbons (Fsp3) is 0.316. The van der Waals surface area contributed by atoms with Crippen molar-refractivity contribution in [1.29, 1.82) is 0 Å². The number of hydrogen-bond acceptors (Lipinski definition) is 6. The minimum Gasteiger partial charge on any atom is -0.457 e. The van der Waals surface area contributed by atoms with E-state index in [4.69, 9.17) is 9.47 Å². The van der Waals surface area contributed by atoms with E-state index in [9.17, 15) is 13.2 Å². The van der Waals surface area contributed by atoms with Crippen molar-refractivity contribution in [2.75, 3.05) is 32.6 Å². The molecular weight excluding hydrogens is 386 g/mol. The zero-order valence-electron chi connectivity index (χ0n) is 15.0. The molecule has 8 heteroatoms. The zero-order chi connectivity index (χ0) is 19.3. The number of rotatable bonds is 6. The first-order chi connectivity index (χ1) is 13.0. The van der Waals surface area contributed by atoms with E-state index < -0.39 is 16.0 Å². The van der Waals surface area contributed by atoms with Gasteiger partial charge in [0, 0.05) is 18.0 Å². The number of esters is 1. The van der Waals surface area contributed by atoms with Crippen LogP contribution in [0.2, 0.25) is 0 Å². The van der Waals surface area contributed by atoms with Crippen LogP contribution in [0.25, 0.3) is 0 Å². The largest absolute Gasteiger partial charge is 0.457 e. The molecule has 0 aliphatic carbocycles. The lowest BCUT2D eigenvalue weighted by molar-refractivity contribution is 0.0472. The van der Waals surface area contributed by atoms with Crippen LogP contribution in [-0.2, 0) is 26.1 Å². The van der Waals surface area contributed by atoms with Crippen molar-refractivity contribution in [3.63, 3.8) is 0 Å². The Balaban J connectivity index is 1.67. The van der Waals surface area contributed by atoms with Crippen LogP contribution in [0, 0.1) is 0 Å². The number of morpholine rings is 1. The summed E-state index contributed by atoms with van der Waals surface area (Å²) >= 11 is 1.59. The van der Waals surface area contributed by atoms with Gasteiger partial charge in [0.05, 0.1) is 23.7 Å². The van der Waals surface area contributed by atoms with E-state index in [1.54, 1.807) is 48.2 Å². The van der Waals surface area contributed by atoms with Crippen LogP contribution >= 0.6 is 11.8 Å². The van der Waals surface area contributed by atoms with Gasteiger partial charge in [0.15, 0.2) is 0 Å². The minimum absolute atomic E-state index is 0.00951. The summed E-state index contributed by atoms with van der Waals surface area (Å²) in [5, 5.41) is 0. The van der Waals surface area contributed by atoms with Crippen molar-refractivity contribution in [2.45, 2.75) is 16.4 Å². The van der Waals surface area contributed by atoms with Gasteiger partial charge in [-0.15, -0.1) is 11.8 Å². The lowest BCUT2D eigenvalue weighted by atomic mass is 10.2. The predicted octanol–water partition coefficient (Wildman–Crippen LogP) is 2.79. The third kappa shape index (κ3) is 4.90. The minimum atomic E-state index is -3.57. The summed E-state index contributed by atoms with van der Waals surface area (Å²) in [6.07, 6.45) is 1.96. The topological polar surface area (TPSA) is 72.9 Å². The van der Waals surface area contributed by atoms with Gasteiger partial charge in [-0.3, -0.25) is 0 Å². The van der Waals surface area contributed by atoms with Crippen molar-refractivity contribution >= 4 is 27.8 Å². The SMILES string of the molecule is CSc1ccc(C(=O)OCc2cccc(S(=O)(=O)N3CCOCC3)c2)cc1. The van der Waals surface area contributed by atoms with E-state index in [0.717, 1.165) is 4.90 Å². The van der Waals surface area contributed by atoms with E-state index in [1.807, 2.05) is 18.4 Å². The molecule has 0 N–H and O–H groups in total. The maximum absolute atomic E-state index is 12.7. The first-order valence-electron chi connectivity index (χ1n) is 8.49. The summed E-state index contributed by atoms with van der Waals surface area (Å²) in [6, 6.07) is 13.6. The zero-order valence-corrected chi connectivity index (χ0v) is 16.6. The van der Waals surface area contributed by atoms with Gasteiger partial charge in [0.2, 0.25) is 10.0 Å². The second-order valence-electron chi connectivity index (χ2n) is 5.97. The summed E-state index contributed by atoms with van der Waals surface area (Å²) in [6.45, 7) is 1.48. The Kier molecular flexibility index (Phi) is 6.54. The van der Waals surface area contributed by atoms with E-state index in [2.05, 4.69) is 0 Å². The van der Waals surface area contributed by atoms with Gasteiger partial charge in [-0.25, -0.2) is 13.2 Å². The fourth-order valence-corrected chi connectivity index (χ4v) is 4.58. The summed E-state index contributed by atoms with van der Waals surface area (Å²) in [7, 11) is -3.57. The Labute approximate surface area is 163 Å². The third-order valence-electron chi connectivity index (χ3n) is 4.20. The summed E-state index contributed by atoms with van der Waals surface area (Å²) in [5.41, 5.74) is 1.09. The molecule has 0 aromatic heterocycles. The molecule has 2 aromatic rings. The first-order valence-corrected chi connectivity index (χ1v) is 11.2. The van der Waals surface area contributed by atoms with Gasteiger partial charge in [-0.1, -0.05) is 12.1 Å². The van der Waals surface area contributed by atoms with Crippen molar-refractivity contribution < 1.29 is 22.7 Å². The smallest absolute Gasteiger partial charge is 0.338 e. The van der Waals surface area contributed by atoms with Crippen LogP contribution < -0.4 is 0 Å². The molecule has 0 bridgehead atoms. The number of carbonyl (C=O) groups excluding carboxylic acids is 1. The summed E-state index contributed by atoms with van der Waals surface area (Å²) in [5.74, 6) is -0.441. The highest BCUT2D eigenvalue weighted by Gasteiger charge is 2.26. The predicted molar refractivity (Wildman–Crippen MR) is 103 cm³/mol. The van der Waals surface area contributed by atoms with E-state index in [1.165, 1.54) is 4.31 Å². The van der Waals surface area contributed by atoms with Crippen molar-refractivity contribution in [3.05, 3.63) is 59.7 Å². The molecule has 2 aromatic carbocycles. The maximum atomic E-state index is 12.7. The van der Waals surface area contributed by atoms with Gasteiger partial charge in [-0.2, -0.15) is 4.31 Å². The van der Waals surface area contributed by atoms with Crippen LogP contribution in [-0.4, -0.2) is 51.3 Å². The molecule has 0 unspecified atom stereocenters. The molecule has 1 heterocycles. The molecule has 1 aliphatic heterocycles. The molecular formula is C19H21NO5S2. The Bertz CT molecular complexity index is 891. The molecule has 1 saturated heterocycles. The number of benzene rings is 2. The number of sulfonamides is 1. The number of ether oxygens (including phenoxy) is 2. The standard InChI is InChI=1S/C19H21NO5S2/c1-26-17-7-5-16(6-8-17)19(21)25-14-15-3-2-4-18(13-15)27(22,23)20-9-11-24-12-10-20/h2-8,13H,9-12,14H2,1H3. The molecule has 27 heavy (non-hydrogen) atoms. The summed E-state index contributed by atoms with van der Waals surface area (Å²) < 4.78 is 37.4. The normalized spacial score (nSPS) is 15.4. The second kappa shape index (κ2) is 8.88. The highest BCUT2D eigenvalue weighted by molar-refractivity contribution is 7.98. The van der Waals surface area contributed by atoms with Gasteiger partial charge >= 0.3 is 5.97 Å². The van der Waals surface area contributed by atoms with Gasteiger partial charge in [-0.05, 0) is 48.2 Å². The average Bonchev–Trinajstić information content (AvgIpc) is 2.73. The number of hydrogen-bond donors (Lipinski definition) is 0. The van der Waals surface area contributed by atoms with Crippen LogP contribution in [0.15, 0.2) is 58.3 Å². The molecule has 0 spiro atoms. The molecule has 144 valence electrons. The maximum Gasteiger partial charge on any atom is 0.338 e. The monoisotopic (exact) mass is 407 g/mol. The first kappa shape index (κ1) is 19.9. The lowest BCUT2D eigenvalue weighted by Crippen LogP contribution is -2.40. The quantitative estimate of drug-likeness (QED) is 0.542. The van der Waals surface area contributed by atoms with E-state index in [0.29, 0.717) is 37.4 Å². The van der Waals surface area contributed by atoms with Crippen LogP contribution in [0.1, 0.15) is 15.9 Å². The Morgan fingerprint density at radius 3 is 2.52 bits per heavy atom. The Morgan fingerprint density at radius 2 is 1.85 bits per heavy atom. The molecule has 0 saturated carbocycles. The van der Waals surface area contributed by atoms with E-state index in [-0.39, 0.29) is 11.5 Å². The van der Waals surface area contributed by atoms with Crippen LogP contribution in [0.4, 0.5) is 0 Å². The van der Waals surface area contributed by atoms with Crippen molar-refractivity contribution in [2.24, 2.45) is 0 Å². The van der Waals surface area contributed by atoms with Gasteiger partial charge < -0.3 is 9.47 Å². The highest BCUT2D eigenvalue weighted by atomic mass is 32.2. The van der Waals surface area contributed by atoms with Gasteiger partial charge in [0.1, 0.15) is 6.61 Å². The Hall–Kier alpha value is -1.87. The lowest BCUT2D eigenvalue weighted by Gasteiger charge is -2.26. The molecule has 6 nitrogen and oxygen atoms in total. The van der Waals surface area contributed by atoms with Crippen LogP contribution in [0.3, 0.4) is 0 Å². The Morgan fingerprint density at radius 1 is 1.15 bits per heavy atom. The number of carbonyl (C=O) groups is 1. The molecule has 3 rings (SSSR count). The molecule has 1 fully saturated rings.